The molecule has 6 nitrogen and oxygen atoms in total. The molecule has 0 aliphatic heterocycles. The Morgan fingerprint density at radius 3 is 2.35 bits per heavy atom. The minimum Gasteiger partial charge on any atom is -0.409 e. The maximum atomic E-state index is 12.2. The first-order valence-electron chi connectivity index (χ1n) is 7.40. The largest absolute Gasteiger partial charge is 0.409 e. The highest BCUT2D eigenvalue weighted by atomic mass is 32.2. The van der Waals surface area contributed by atoms with Crippen molar-refractivity contribution in [3.63, 3.8) is 0 Å². The average molecular weight is 303 g/mol. The van der Waals surface area contributed by atoms with Gasteiger partial charge in [0.25, 0.3) is 0 Å². The zero-order chi connectivity index (χ0) is 14.8. The molecule has 2 fully saturated rings. The van der Waals surface area contributed by atoms with Crippen molar-refractivity contribution in [2.45, 2.75) is 57.4 Å². The second-order valence-corrected chi connectivity index (χ2v) is 8.01. The van der Waals surface area contributed by atoms with Crippen molar-refractivity contribution in [1.82, 2.24) is 4.72 Å². The summed E-state index contributed by atoms with van der Waals surface area (Å²) < 4.78 is 27.2. The van der Waals surface area contributed by atoms with E-state index in [0.717, 1.165) is 32.1 Å². The third-order valence-corrected chi connectivity index (χ3v) is 6.25. The first-order chi connectivity index (χ1) is 9.41. The lowest BCUT2D eigenvalue weighted by molar-refractivity contribution is 0.253. The molecule has 0 radical (unpaired) electrons. The van der Waals surface area contributed by atoms with Crippen LogP contribution >= 0.6 is 0 Å². The van der Waals surface area contributed by atoms with Crippen molar-refractivity contribution >= 4 is 15.9 Å². The van der Waals surface area contributed by atoms with Crippen LogP contribution < -0.4 is 10.5 Å². The van der Waals surface area contributed by atoms with Crippen molar-refractivity contribution in [2.24, 2.45) is 22.7 Å². The quantitative estimate of drug-likeness (QED) is 0.298. The summed E-state index contributed by atoms with van der Waals surface area (Å²) >= 11 is 0. The van der Waals surface area contributed by atoms with Crippen LogP contribution in [0, 0.1) is 11.8 Å². The fraction of sp³-hybridized carbons (Fsp3) is 0.923. The summed E-state index contributed by atoms with van der Waals surface area (Å²) in [5, 5.41) is 12.1. The Hall–Kier alpha value is -0.820. The lowest BCUT2D eigenvalue weighted by Crippen LogP contribution is -2.59. The van der Waals surface area contributed by atoms with Gasteiger partial charge in [-0.1, -0.05) is 18.5 Å². The summed E-state index contributed by atoms with van der Waals surface area (Å²) in [5.41, 5.74) is 4.90. The summed E-state index contributed by atoms with van der Waals surface area (Å²) in [6.45, 7) is 2.14. The highest BCUT2D eigenvalue weighted by Crippen LogP contribution is 2.36. The molecule has 116 valence electrons. The average Bonchev–Trinajstić information content (AvgIpc) is 3.21. The van der Waals surface area contributed by atoms with Crippen LogP contribution in [0.5, 0.6) is 0 Å². The van der Waals surface area contributed by atoms with Gasteiger partial charge in [0, 0.05) is 0 Å². The van der Waals surface area contributed by atoms with Crippen LogP contribution in [0.1, 0.15) is 51.9 Å². The molecule has 2 aliphatic rings. The van der Waals surface area contributed by atoms with E-state index < -0.39 is 15.6 Å². The first-order valence-corrected chi connectivity index (χ1v) is 9.05. The number of hydrogen-bond donors (Lipinski definition) is 3. The van der Waals surface area contributed by atoms with Gasteiger partial charge in [-0.2, -0.15) is 0 Å². The van der Waals surface area contributed by atoms with Crippen LogP contribution in [0.4, 0.5) is 0 Å². The van der Waals surface area contributed by atoms with Gasteiger partial charge in [0.2, 0.25) is 10.0 Å². The number of nitrogens with one attached hydrogen (secondary N) is 1. The minimum absolute atomic E-state index is 0.00794. The molecule has 0 spiro atoms. The van der Waals surface area contributed by atoms with Gasteiger partial charge in [-0.3, -0.25) is 0 Å². The molecule has 7 heteroatoms. The summed E-state index contributed by atoms with van der Waals surface area (Å²) in [5.74, 6) is 1.03. The molecule has 2 aliphatic carbocycles. The maximum absolute atomic E-state index is 12.2. The lowest BCUT2D eigenvalue weighted by atomic mass is 9.75. The van der Waals surface area contributed by atoms with Crippen molar-refractivity contribution < 1.29 is 13.6 Å². The number of oxime groups is 1. The number of amidine groups is 1. The Morgan fingerprint density at radius 2 is 1.90 bits per heavy atom. The second-order valence-electron chi connectivity index (χ2n) is 6.25. The Balaban J connectivity index is 2.11. The lowest BCUT2D eigenvalue weighted by Gasteiger charge is -2.39. The summed E-state index contributed by atoms with van der Waals surface area (Å²) in [7, 11) is -3.38. The number of hydrogen-bond acceptors (Lipinski definition) is 4. The number of nitrogens with zero attached hydrogens (tertiary/aromatic N) is 1. The van der Waals surface area contributed by atoms with E-state index in [9.17, 15) is 8.42 Å². The minimum atomic E-state index is -3.38. The molecule has 20 heavy (non-hydrogen) atoms. The molecule has 0 atom stereocenters. The zero-order valence-electron chi connectivity index (χ0n) is 12.0. The van der Waals surface area contributed by atoms with Gasteiger partial charge >= 0.3 is 0 Å². The van der Waals surface area contributed by atoms with E-state index in [-0.39, 0.29) is 17.5 Å². The smallest absolute Gasteiger partial charge is 0.212 e. The Morgan fingerprint density at radius 1 is 1.30 bits per heavy atom. The van der Waals surface area contributed by atoms with Gasteiger partial charge in [0.15, 0.2) is 5.84 Å². The number of sulfonamides is 1. The van der Waals surface area contributed by atoms with Crippen molar-refractivity contribution in [3.8, 4) is 0 Å². The maximum Gasteiger partial charge on any atom is 0.212 e. The molecule has 2 rings (SSSR count). The normalized spacial score (nSPS) is 32.2. The SMILES string of the molecule is CCC1CCC(NS(=O)(=O)CC2CC2)(C(N)=NO)CC1. The van der Waals surface area contributed by atoms with E-state index in [2.05, 4.69) is 16.8 Å². The third-order valence-electron chi connectivity index (χ3n) is 4.64. The van der Waals surface area contributed by atoms with E-state index in [1.165, 1.54) is 0 Å². The Kier molecular flexibility index (Phi) is 4.59. The Labute approximate surface area is 120 Å². The predicted octanol–water partition coefficient (Wildman–Crippen LogP) is 1.40. The molecule has 0 unspecified atom stereocenters. The predicted molar refractivity (Wildman–Crippen MR) is 78.0 cm³/mol. The van der Waals surface area contributed by atoms with Crippen molar-refractivity contribution in [1.29, 1.82) is 0 Å². The topological polar surface area (TPSA) is 105 Å². The van der Waals surface area contributed by atoms with Crippen LogP contribution in [0.15, 0.2) is 5.16 Å². The van der Waals surface area contributed by atoms with Gasteiger partial charge < -0.3 is 10.9 Å². The van der Waals surface area contributed by atoms with E-state index in [1.807, 2.05) is 0 Å². The fourth-order valence-corrected chi connectivity index (χ4v) is 4.96. The molecular weight excluding hydrogens is 278 g/mol. The van der Waals surface area contributed by atoms with Crippen LogP contribution in [-0.4, -0.2) is 30.8 Å². The summed E-state index contributed by atoms with van der Waals surface area (Å²) in [6.07, 6.45) is 6.06. The highest BCUT2D eigenvalue weighted by Gasteiger charge is 2.43. The van der Waals surface area contributed by atoms with Gasteiger partial charge in [0.05, 0.1) is 11.3 Å². The van der Waals surface area contributed by atoms with Crippen LogP contribution in [0.2, 0.25) is 0 Å². The molecule has 0 aromatic heterocycles. The van der Waals surface area contributed by atoms with Crippen LogP contribution in [0.25, 0.3) is 0 Å². The molecule has 2 saturated carbocycles. The molecule has 0 heterocycles. The zero-order valence-corrected chi connectivity index (χ0v) is 12.8. The molecule has 0 aromatic carbocycles. The van der Waals surface area contributed by atoms with E-state index in [0.29, 0.717) is 18.8 Å². The highest BCUT2D eigenvalue weighted by molar-refractivity contribution is 7.89. The molecule has 0 aromatic rings. The molecule has 0 saturated heterocycles. The van der Waals surface area contributed by atoms with E-state index in [4.69, 9.17) is 10.9 Å². The summed E-state index contributed by atoms with van der Waals surface area (Å²) in [4.78, 5) is 0. The monoisotopic (exact) mass is 303 g/mol. The van der Waals surface area contributed by atoms with Gasteiger partial charge in [-0.05, 0) is 50.4 Å². The molecule has 0 amide bonds. The Bertz CT molecular complexity index is 463. The van der Waals surface area contributed by atoms with E-state index >= 15 is 0 Å². The van der Waals surface area contributed by atoms with Gasteiger partial charge in [-0.25, -0.2) is 13.1 Å². The van der Waals surface area contributed by atoms with Crippen molar-refractivity contribution in [3.05, 3.63) is 0 Å². The standard InChI is InChI=1S/C13H25N3O3S/c1-2-10-5-7-13(8-6-10,12(14)15-17)16-20(18,19)9-11-3-4-11/h10-11,16-17H,2-9H2,1H3,(H2,14,15). The molecule has 4 N–H and O–H groups in total. The van der Waals surface area contributed by atoms with Crippen LogP contribution in [0.3, 0.4) is 0 Å². The van der Waals surface area contributed by atoms with Crippen LogP contribution in [-0.2, 0) is 10.0 Å². The first kappa shape index (κ1) is 15.6. The van der Waals surface area contributed by atoms with Gasteiger partial charge in [-0.15, -0.1) is 0 Å². The second kappa shape index (κ2) is 5.89. The fourth-order valence-electron chi connectivity index (χ4n) is 3.02. The van der Waals surface area contributed by atoms with Crippen molar-refractivity contribution in [2.75, 3.05) is 5.75 Å². The molecular formula is C13H25N3O3S. The van der Waals surface area contributed by atoms with Gasteiger partial charge in [0.1, 0.15) is 0 Å². The van der Waals surface area contributed by atoms with E-state index in [1.54, 1.807) is 0 Å². The third kappa shape index (κ3) is 3.63. The molecule has 0 bridgehead atoms. The summed E-state index contributed by atoms with van der Waals surface area (Å²) in [6, 6.07) is 0. The number of nitrogens with two attached hydrogens (primary N) is 1. The number of rotatable bonds is 6.